The van der Waals surface area contributed by atoms with Crippen molar-refractivity contribution in [3.05, 3.63) is 41.0 Å². The minimum atomic E-state index is -1.19. The maximum Gasteiger partial charge on any atom is 0.339 e. The number of phenols is 1. The lowest BCUT2D eigenvalue weighted by Crippen LogP contribution is -2.06. The first-order chi connectivity index (χ1) is 8.58. The van der Waals surface area contributed by atoms with E-state index in [1.807, 2.05) is 0 Å². The van der Waals surface area contributed by atoms with Gasteiger partial charge in [0.1, 0.15) is 11.3 Å². The number of hydrogen-bond acceptors (Lipinski definition) is 5. The molecule has 0 saturated heterocycles. The number of aromatic hydroxyl groups is 1. The number of aromatic nitrogens is 2. The molecule has 0 spiro atoms. The molecule has 3 N–H and O–H groups in total. The SMILES string of the molecule is O=C(O)c1cc(Cl)nnc1Nc1ccccc1O. The number of phenolic OH excluding ortho intramolecular Hbond substituents is 1. The van der Waals surface area contributed by atoms with E-state index in [1.165, 1.54) is 12.1 Å². The summed E-state index contributed by atoms with van der Waals surface area (Å²) in [5.41, 5.74) is 0.204. The van der Waals surface area contributed by atoms with Gasteiger partial charge in [0.25, 0.3) is 0 Å². The van der Waals surface area contributed by atoms with Crippen LogP contribution in [0.5, 0.6) is 5.75 Å². The second-order valence-corrected chi connectivity index (χ2v) is 3.76. The van der Waals surface area contributed by atoms with Crippen molar-refractivity contribution in [2.45, 2.75) is 0 Å². The molecule has 1 aromatic carbocycles. The topological polar surface area (TPSA) is 95.3 Å². The largest absolute Gasteiger partial charge is 0.506 e. The summed E-state index contributed by atoms with van der Waals surface area (Å²) < 4.78 is 0. The van der Waals surface area contributed by atoms with Crippen LogP contribution in [0.15, 0.2) is 30.3 Å². The first kappa shape index (κ1) is 12.1. The molecule has 18 heavy (non-hydrogen) atoms. The Morgan fingerprint density at radius 1 is 1.28 bits per heavy atom. The zero-order valence-corrected chi connectivity index (χ0v) is 9.72. The van der Waals surface area contributed by atoms with E-state index in [9.17, 15) is 9.90 Å². The molecule has 92 valence electrons. The normalized spacial score (nSPS) is 10.1. The second-order valence-electron chi connectivity index (χ2n) is 3.38. The highest BCUT2D eigenvalue weighted by atomic mass is 35.5. The zero-order chi connectivity index (χ0) is 13.1. The Morgan fingerprint density at radius 3 is 2.67 bits per heavy atom. The summed E-state index contributed by atoms with van der Waals surface area (Å²) in [5, 5.41) is 28.5. The summed E-state index contributed by atoms with van der Waals surface area (Å²) >= 11 is 5.58. The number of carboxylic acids is 1. The number of benzene rings is 1. The molecule has 2 aromatic rings. The monoisotopic (exact) mass is 265 g/mol. The molecule has 0 aliphatic heterocycles. The van der Waals surface area contributed by atoms with E-state index in [1.54, 1.807) is 18.2 Å². The van der Waals surface area contributed by atoms with Crippen LogP contribution in [0.25, 0.3) is 0 Å². The molecule has 2 rings (SSSR count). The predicted octanol–water partition coefficient (Wildman–Crippen LogP) is 2.28. The predicted molar refractivity (Wildman–Crippen MR) is 65.4 cm³/mol. The van der Waals surface area contributed by atoms with Crippen LogP contribution in [0, 0.1) is 0 Å². The Balaban J connectivity index is 2.41. The number of anilines is 2. The Bertz CT molecular complexity index is 604. The third kappa shape index (κ3) is 2.49. The van der Waals surface area contributed by atoms with Crippen molar-refractivity contribution in [1.29, 1.82) is 0 Å². The third-order valence-electron chi connectivity index (χ3n) is 2.15. The number of carbonyl (C=O) groups is 1. The highest BCUT2D eigenvalue weighted by Gasteiger charge is 2.14. The quantitative estimate of drug-likeness (QED) is 0.737. The summed E-state index contributed by atoms with van der Waals surface area (Å²) in [4.78, 5) is 11.0. The van der Waals surface area contributed by atoms with E-state index in [0.717, 1.165) is 0 Å². The maximum atomic E-state index is 11.0. The minimum absolute atomic E-state index is 0.00778. The van der Waals surface area contributed by atoms with Crippen LogP contribution < -0.4 is 5.32 Å². The van der Waals surface area contributed by atoms with Gasteiger partial charge in [-0.25, -0.2) is 4.79 Å². The fourth-order valence-electron chi connectivity index (χ4n) is 1.33. The van der Waals surface area contributed by atoms with Gasteiger partial charge in [-0.05, 0) is 18.2 Å². The van der Waals surface area contributed by atoms with Crippen LogP contribution >= 0.6 is 11.6 Å². The van der Waals surface area contributed by atoms with Crippen molar-refractivity contribution in [2.24, 2.45) is 0 Å². The van der Waals surface area contributed by atoms with Crippen LogP contribution in [0.1, 0.15) is 10.4 Å². The van der Waals surface area contributed by atoms with E-state index < -0.39 is 5.97 Å². The van der Waals surface area contributed by atoms with Gasteiger partial charge in [-0.3, -0.25) is 0 Å². The van der Waals surface area contributed by atoms with Crippen molar-refractivity contribution >= 4 is 29.1 Å². The van der Waals surface area contributed by atoms with E-state index in [4.69, 9.17) is 16.7 Å². The summed E-state index contributed by atoms with van der Waals surface area (Å²) in [7, 11) is 0. The molecule has 0 atom stereocenters. The number of halogens is 1. The molecule has 0 saturated carbocycles. The lowest BCUT2D eigenvalue weighted by atomic mass is 10.2. The van der Waals surface area contributed by atoms with Gasteiger partial charge in [0.2, 0.25) is 0 Å². The number of aromatic carboxylic acids is 1. The number of nitrogens with zero attached hydrogens (tertiary/aromatic N) is 2. The third-order valence-corrected chi connectivity index (χ3v) is 2.34. The first-order valence-corrected chi connectivity index (χ1v) is 5.27. The van der Waals surface area contributed by atoms with Gasteiger partial charge in [-0.1, -0.05) is 23.7 Å². The van der Waals surface area contributed by atoms with Crippen molar-refractivity contribution in [3.8, 4) is 5.75 Å². The Morgan fingerprint density at radius 2 is 2.00 bits per heavy atom. The van der Waals surface area contributed by atoms with E-state index in [2.05, 4.69) is 15.5 Å². The van der Waals surface area contributed by atoms with Crippen LogP contribution in [0.2, 0.25) is 5.15 Å². The molecule has 0 aliphatic rings. The number of hydrogen-bond donors (Lipinski definition) is 3. The van der Waals surface area contributed by atoms with Crippen LogP contribution in [-0.2, 0) is 0 Å². The van der Waals surface area contributed by atoms with Gasteiger partial charge in [0, 0.05) is 0 Å². The van der Waals surface area contributed by atoms with Gasteiger partial charge >= 0.3 is 5.97 Å². The van der Waals surface area contributed by atoms with Gasteiger partial charge in [-0.2, -0.15) is 0 Å². The van der Waals surface area contributed by atoms with Gasteiger partial charge in [-0.15, -0.1) is 10.2 Å². The molecular weight excluding hydrogens is 258 g/mol. The summed E-state index contributed by atoms with van der Waals surface area (Å²) in [5.74, 6) is -1.20. The van der Waals surface area contributed by atoms with Crippen molar-refractivity contribution in [3.63, 3.8) is 0 Å². The number of para-hydroxylation sites is 2. The molecule has 0 aliphatic carbocycles. The minimum Gasteiger partial charge on any atom is -0.506 e. The number of carboxylic acid groups (broad SMARTS) is 1. The summed E-state index contributed by atoms with van der Waals surface area (Å²) in [6, 6.07) is 7.56. The molecule has 0 bridgehead atoms. The van der Waals surface area contributed by atoms with Gasteiger partial charge in [0.15, 0.2) is 11.0 Å². The fraction of sp³-hybridized carbons (Fsp3) is 0. The molecular formula is C11H8ClN3O3. The van der Waals surface area contributed by atoms with E-state index in [-0.39, 0.29) is 22.3 Å². The van der Waals surface area contributed by atoms with Gasteiger partial charge in [0.05, 0.1) is 5.69 Å². The highest BCUT2D eigenvalue weighted by molar-refractivity contribution is 6.29. The number of rotatable bonds is 3. The van der Waals surface area contributed by atoms with Crippen molar-refractivity contribution < 1.29 is 15.0 Å². The molecule has 0 unspecified atom stereocenters. The molecule has 0 radical (unpaired) electrons. The molecule has 0 amide bonds. The van der Waals surface area contributed by atoms with Crippen LogP contribution in [0.4, 0.5) is 11.5 Å². The van der Waals surface area contributed by atoms with E-state index >= 15 is 0 Å². The zero-order valence-electron chi connectivity index (χ0n) is 8.96. The Kier molecular flexibility index (Phi) is 3.29. The number of nitrogens with one attached hydrogen (secondary N) is 1. The van der Waals surface area contributed by atoms with Crippen molar-refractivity contribution in [2.75, 3.05) is 5.32 Å². The maximum absolute atomic E-state index is 11.0. The first-order valence-electron chi connectivity index (χ1n) is 4.89. The van der Waals surface area contributed by atoms with Crippen LogP contribution in [0.3, 0.4) is 0 Å². The lowest BCUT2D eigenvalue weighted by Gasteiger charge is -2.09. The molecule has 1 aromatic heterocycles. The van der Waals surface area contributed by atoms with Gasteiger partial charge < -0.3 is 15.5 Å². The van der Waals surface area contributed by atoms with Crippen LogP contribution in [-0.4, -0.2) is 26.4 Å². The van der Waals surface area contributed by atoms with E-state index in [0.29, 0.717) is 5.69 Å². The standard InChI is InChI=1S/C11H8ClN3O3/c12-9-5-6(11(17)18)10(15-14-9)13-7-3-1-2-4-8(7)16/h1-5,16H,(H,13,15)(H,17,18). The Hall–Kier alpha value is -2.34. The average Bonchev–Trinajstić information content (AvgIpc) is 2.34. The second kappa shape index (κ2) is 4.89. The molecule has 0 fully saturated rings. The van der Waals surface area contributed by atoms with Crippen molar-refractivity contribution in [1.82, 2.24) is 10.2 Å². The average molecular weight is 266 g/mol. The molecule has 1 heterocycles. The summed E-state index contributed by atoms with van der Waals surface area (Å²) in [6.07, 6.45) is 0. The molecule has 7 heteroatoms. The Labute approximate surface area is 107 Å². The summed E-state index contributed by atoms with van der Waals surface area (Å²) in [6.45, 7) is 0. The smallest absolute Gasteiger partial charge is 0.339 e. The molecule has 6 nitrogen and oxygen atoms in total. The lowest BCUT2D eigenvalue weighted by molar-refractivity contribution is 0.0697. The highest BCUT2D eigenvalue weighted by Crippen LogP contribution is 2.26. The fourth-order valence-corrected chi connectivity index (χ4v) is 1.48.